The van der Waals surface area contributed by atoms with E-state index >= 15 is 0 Å². The van der Waals surface area contributed by atoms with Crippen LogP contribution in [0.5, 0.6) is 5.75 Å². The van der Waals surface area contributed by atoms with Gasteiger partial charge in [-0.3, -0.25) is 9.69 Å². The van der Waals surface area contributed by atoms with E-state index in [4.69, 9.17) is 26.8 Å². The Kier molecular flexibility index (Phi) is 6.45. The molecule has 4 rings (SSSR count). The second-order valence-electron chi connectivity index (χ2n) is 9.31. The van der Waals surface area contributed by atoms with Crippen LogP contribution in [-0.4, -0.2) is 25.5 Å². The zero-order valence-electron chi connectivity index (χ0n) is 19.9. The number of nitrogens with two attached hydrogens (primary N) is 1. The van der Waals surface area contributed by atoms with Crippen LogP contribution < -0.4 is 15.4 Å². The van der Waals surface area contributed by atoms with E-state index in [0.717, 1.165) is 11.4 Å². The minimum Gasteiger partial charge on any atom is -0.496 e. The number of ketones is 1. The van der Waals surface area contributed by atoms with E-state index in [1.165, 1.54) is 0 Å². The third-order valence-corrected chi connectivity index (χ3v) is 6.54. The number of methoxy groups -OCH3 is 1. The fraction of sp³-hybridized carbons (Fsp3) is 0.333. The number of hydrogen-bond donors (Lipinski definition) is 1. The van der Waals surface area contributed by atoms with Crippen molar-refractivity contribution < 1.29 is 19.1 Å². The number of esters is 1. The molecule has 1 heterocycles. The molecular formula is C27H29ClN2O4. The molecule has 178 valence electrons. The number of hydrogen-bond acceptors (Lipinski definition) is 6. The van der Waals surface area contributed by atoms with Gasteiger partial charge in [-0.1, -0.05) is 43.6 Å². The van der Waals surface area contributed by atoms with Gasteiger partial charge in [0.1, 0.15) is 11.6 Å². The maximum absolute atomic E-state index is 13.7. The summed E-state index contributed by atoms with van der Waals surface area (Å²) in [6.07, 6.45) is 0.973. The molecule has 0 amide bonds. The van der Waals surface area contributed by atoms with Crippen molar-refractivity contribution in [3.8, 4) is 5.75 Å². The van der Waals surface area contributed by atoms with Crippen molar-refractivity contribution >= 4 is 29.0 Å². The topological polar surface area (TPSA) is 81.9 Å². The number of allylic oxidation sites excluding steroid dienone is 2. The highest BCUT2D eigenvalue weighted by atomic mass is 35.5. The van der Waals surface area contributed by atoms with Gasteiger partial charge in [-0.15, -0.1) is 0 Å². The fourth-order valence-electron chi connectivity index (χ4n) is 4.92. The first-order valence-corrected chi connectivity index (χ1v) is 11.7. The van der Waals surface area contributed by atoms with Crippen molar-refractivity contribution in [3.05, 3.63) is 81.8 Å². The molecule has 0 radical (unpaired) electrons. The summed E-state index contributed by atoms with van der Waals surface area (Å²) in [6, 6.07) is 14.6. The molecule has 0 fully saturated rings. The summed E-state index contributed by atoms with van der Waals surface area (Å²) >= 11 is 6.13. The SMILES string of the molecule is CCOC(=O)C1=C(N)N(c2ccc(Cl)cc2)C2=C(C(=O)CC(C)(C)C2)C1c1ccccc1OC. The molecule has 0 spiro atoms. The van der Waals surface area contributed by atoms with Gasteiger partial charge < -0.3 is 15.2 Å². The second-order valence-corrected chi connectivity index (χ2v) is 9.74. The van der Waals surface area contributed by atoms with Gasteiger partial charge >= 0.3 is 5.97 Å². The van der Waals surface area contributed by atoms with E-state index in [9.17, 15) is 9.59 Å². The summed E-state index contributed by atoms with van der Waals surface area (Å²) in [6.45, 7) is 6.05. The summed E-state index contributed by atoms with van der Waals surface area (Å²) in [7, 11) is 1.57. The van der Waals surface area contributed by atoms with Crippen molar-refractivity contribution in [1.82, 2.24) is 0 Å². The Morgan fingerprint density at radius 3 is 2.47 bits per heavy atom. The Hall–Kier alpha value is -3.25. The summed E-state index contributed by atoms with van der Waals surface area (Å²) in [5, 5.41) is 0.579. The molecule has 1 unspecified atom stereocenters. The number of carbonyl (C=O) groups excluding carboxylic acids is 2. The lowest BCUT2D eigenvalue weighted by atomic mass is 9.68. The highest BCUT2D eigenvalue weighted by Crippen LogP contribution is 2.51. The normalized spacial score (nSPS) is 19.7. The van der Waals surface area contributed by atoms with Crippen molar-refractivity contribution in [2.75, 3.05) is 18.6 Å². The van der Waals surface area contributed by atoms with Gasteiger partial charge in [0.15, 0.2) is 5.78 Å². The Labute approximate surface area is 205 Å². The molecule has 0 aromatic heterocycles. The van der Waals surface area contributed by atoms with Crippen LogP contribution in [0.1, 0.15) is 45.1 Å². The van der Waals surface area contributed by atoms with Gasteiger partial charge in [0, 0.05) is 34.0 Å². The van der Waals surface area contributed by atoms with Gasteiger partial charge in [-0.2, -0.15) is 0 Å². The average Bonchev–Trinajstić information content (AvgIpc) is 2.78. The lowest BCUT2D eigenvalue weighted by molar-refractivity contribution is -0.138. The molecule has 2 N–H and O–H groups in total. The van der Waals surface area contributed by atoms with Crippen LogP contribution >= 0.6 is 11.6 Å². The van der Waals surface area contributed by atoms with E-state index in [1.807, 2.05) is 41.3 Å². The number of nitrogens with zero attached hydrogens (tertiary/aromatic N) is 1. The quantitative estimate of drug-likeness (QED) is 0.582. The number of Topliss-reactive ketones (excluding diaryl/α,β-unsaturated/α-hetero) is 1. The van der Waals surface area contributed by atoms with Gasteiger partial charge in [-0.05, 0) is 49.1 Å². The molecule has 1 atom stereocenters. The molecule has 1 aliphatic carbocycles. The number of carbonyl (C=O) groups is 2. The standard InChI is InChI=1S/C27H29ClN2O4/c1-5-34-26(32)24-22(18-8-6-7-9-21(18)33-4)23-19(14-27(2,3)15-20(23)31)30(25(24)29)17-12-10-16(28)11-13-17/h6-13,22H,5,14-15,29H2,1-4H3. The molecule has 6 nitrogen and oxygen atoms in total. The zero-order chi connectivity index (χ0) is 24.6. The van der Waals surface area contributed by atoms with Crippen molar-refractivity contribution in [3.63, 3.8) is 0 Å². The third kappa shape index (κ3) is 4.18. The van der Waals surface area contributed by atoms with Gasteiger partial charge in [0.2, 0.25) is 0 Å². The Bertz CT molecular complexity index is 1200. The molecule has 0 saturated carbocycles. The number of para-hydroxylation sites is 1. The van der Waals surface area contributed by atoms with Crippen LogP contribution in [0, 0.1) is 5.41 Å². The number of ether oxygens (including phenoxy) is 2. The summed E-state index contributed by atoms with van der Waals surface area (Å²) in [5.41, 5.74) is 9.49. The lowest BCUT2D eigenvalue weighted by Gasteiger charge is -2.44. The monoisotopic (exact) mass is 480 g/mol. The van der Waals surface area contributed by atoms with Crippen LogP contribution in [0.3, 0.4) is 0 Å². The average molecular weight is 481 g/mol. The zero-order valence-corrected chi connectivity index (χ0v) is 20.6. The summed E-state index contributed by atoms with van der Waals surface area (Å²) in [5.74, 6) is -0.459. The summed E-state index contributed by atoms with van der Waals surface area (Å²) < 4.78 is 11.1. The molecule has 2 aromatic rings. The van der Waals surface area contributed by atoms with E-state index in [0.29, 0.717) is 34.8 Å². The number of halogens is 1. The maximum Gasteiger partial charge on any atom is 0.338 e. The summed E-state index contributed by atoms with van der Waals surface area (Å²) in [4.78, 5) is 28.9. The molecule has 34 heavy (non-hydrogen) atoms. The van der Waals surface area contributed by atoms with Crippen LogP contribution in [0.15, 0.2) is 71.2 Å². The van der Waals surface area contributed by atoms with Crippen LogP contribution in [0.4, 0.5) is 5.69 Å². The molecule has 0 bridgehead atoms. The predicted octanol–water partition coefficient (Wildman–Crippen LogP) is 5.33. The van der Waals surface area contributed by atoms with Gasteiger partial charge in [0.25, 0.3) is 0 Å². The van der Waals surface area contributed by atoms with Crippen LogP contribution in [0.25, 0.3) is 0 Å². The maximum atomic E-state index is 13.7. The Morgan fingerprint density at radius 1 is 1.15 bits per heavy atom. The van der Waals surface area contributed by atoms with Crippen molar-refractivity contribution in [2.24, 2.45) is 11.1 Å². The molecule has 2 aromatic carbocycles. The third-order valence-electron chi connectivity index (χ3n) is 6.29. The van der Waals surface area contributed by atoms with Gasteiger partial charge in [-0.25, -0.2) is 4.79 Å². The van der Waals surface area contributed by atoms with E-state index < -0.39 is 11.9 Å². The number of benzene rings is 2. The van der Waals surface area contributed by atoms with Gasteiger partial charge in [0.05, 0.1) is 25.2 Å². The fourth-order valence-corrected chi connectivity index (χ4v) is 5.05. The molecule has 1 aliphatic heterocycles. The Balaban J connectivity index is 2.05. The lowest BCUT2D eigenvalue weighted by Crippen LogP contribution is -2.43. The smallest absolute Gasteiger partial charge is 0.338 e. The first kappa shape index (κ1) is 23.9. The number of anilines is 1. The highest BCUT2D eigenvalue weighted by molar-refractivity contribution is 6.30. The van der Waals surface area contributed by atoms with E-state index in [2.05, 4.69) is 13.8 Å². The largest absolute Gasteiger partial charge is 0.496 e. The second kappa shape index (κ2) is 9.18. The molecule has 0 saturated heterocycles. The first-order valence-electron chi connectivity index (χ1n) is 11.3. The highest BCUT2D eigenvalue weighted by Gasteiger charge is 2.47. The molecule has 7 heteroatoms. The van der Waals surface area contributed by atoms with Crippen molar-refractivity contribution in [2.45, 2.75) is 39.5 Å². The van der Waals surface area contributed by atoms with E-state index in [1.54, 1.807) is 26.2 Å². The Morgan fingerprint density at radius 2 is 1.82 bits per heavy atom. The minimum atomic E-state index is -0.697. The molecule has 2 aliphatic rings. The first-order chi connectivity index (χ1) is 16.2. The number of rotatable bonds is 5. The van der Waals surface area contributed by atoms with Crippen LogP contribution in [-0.2, 0) is 14.3 Å². The minimum absolute atomic E-state index is 0.0181. The van der Waals surface area contributed by atoms with Crippen molar-refractivity contribution in [1.29, 1.82) is 0 Å². The van der Waals surface area contributed by atoms with E-state index in [-0.39, 0.29) is 29.2 Å². The van der Waals surface area contributed by atoms with Crippen LogP contribution in [0.2, 0.25) is 5.02 Å². The molecular weight excluding hydrogens is 452 g/mol. The predicted molar refractivity (Wildman–Crippen MR) is 133 cm³/mol.